The Kier molecular flexibility index (Phi) is 5.64. The predicted octanol–water partition coefficient (Wildman–Crippen LogP) is 1.54. The minimum Gasteiger partial charge on any atom is -0.496 e. The SMILES string of the molecule is COc1ccc(S(=O)(=O)NCC(=O)N2CCC(C)CC2)cc1C. The second-order valence-electron chi connectivity index (χ2n) is 6.02. The van der Waals surface area contributed by atoms with Gasteiger partial charge in [-0.25, -0.2) is 13.1 Å². The van der Waals surface area contributed by atoms with E-state index in [4.69, 9.17) is 4.74 Å². The van der Waals surface area contributed by atoms with Crippen molar-refractivity contribution in [2.45, 2.75) is 31.6 Å². The van der Waals surface area contributed by atoms with Crippen molar-refractivity contribution in [3.63, 3.8) is 0 Å². The Bertz CT molecular complexity index is 665. The monoisotopic (exact) mass is 340 g/mol. The van der Waals surface area contributed by atoms with E-state index < -0.39 is 10.0 Å². The Morgan fingerprint density at radius 1 is 1.35 bits per heavy atom. The summed E-state index contributed by atoms with van der Waals surface area (Å²) in [7, 11) is -2.17. The Morgan fingerprint density at radius 2 is 2.00 bits per heavy atom. The maximum atomic E-state index is 12.3. The molecule has 1 fully saturated rings. The first-order chi connectivity index (χ1) is 10.8. The number of piperidine rings is 1. The van der Waals surface area contributed by atoms with Crippen LogP contribution in [0.25, 0.3) is 0 Å². The van der Waals surface area contributed by atoms with E-state index in [-0.39, 0.29) is 17.3 Å². The Balaban J connectivity index is 1.98. The number of rotatable bonds is 5. The fraction of sp³-hybridized carbons (Fsp3) is 0.562. The fourth-order valence-electron chi connectivity index (χ4n) is 2.63. The van der Waals surface area contributed by atoms with Gasteiger partial charge in [0, 0.05) is 13.1 Å². The molecule has 1 aliphatic rings. The Hall–Kier alpha value is -1.60. The van der Waals surface area contributed by atoms with Crippen LogP contribution in [0.15, 0.2) is 23.1 Å². The number of sulfonamides is 1. The summed E-state index contributed by atoms with van der Waals surface area (Å²) in [6, 6.07) is 4.62. The molecule has 1 amide bonds. The number of likely N-dealkylation sites (tertiary alicyclic amines) is 1. The molecule has 0 spiro atoms. The highest BCUT2D eigenvalue weighted by Gasteiger charge is 2.22. The number of ether oxygens (including phenoxy) is 1. The lowest BCUT2D eigenvalue weighted by atomic mass is 9.99. The van der Waals surface area contributed by atoms with Crippen LogP contribution in [0.2, 0.25) is 0 Å². The van der Waals surface area contributed by atoms with Gasteiger partial charge in [-0.15, -0.1) is 0 Å². The second kappa shape index (κ2) is 7.31. The van der Waals surface area contributed by atoms with Crippen LogP contribution < -0.4 is 9.46 Å². The van der Waals surface area contributed by atoms with E-state index >= 15 is 0 Å². The highest BCUT2D eigenvalue weighted by atomic mass is 32.2. The van der Waals surface area contributed by atoms with Crippen LogP contribution in [-0.2, 0) is 14.8 Å². The maximum absolute atomic E-state index is 12.3. The van der Waals surface area contributed by atoms with Gasteiger partial charge in [0.2, 0.25) is 15.9 Å². The molecule has 0 saturated carbocycles. The highest BCUT2D eigenvalue weighted by molar-refractivity contribution is 7.89. The molecule has 0 atom stereocenters. The minimum atomic E-state index is -3.71. The summed E-state index contributed by atoms with van der Waals surface area (Å²) in [4.78, 5) is 14.0. The van der Waals surface area contributed by atoms with Crippen LogP contribution in [0.3, 0.4) is 0 Å². The standard InChI is InChI=1S/C16H24N2O4S/c1-12-6-8-18(9-7-12)16(19)11-17-23(20,21)14-4-5-15(22-3)13(2)10-14/h4-5,10,12,17H,6-9,11H2,1-3H3. The number of hydrogen-bond acceptors (Lipinski definition) is 4. The van der Waals surface area contributed by atoms with Gasteiger partial charge >= 0.3 is 0 Å². The van der Waals surface area contributed by atoms with Crippen molar-refractivity contribution in [1.29, 1.82) is 0 Å². The zero-order chi connectivity index (χ0) is 17.0. The molecular formula is C16H24N2O4S. The smallest absolute Gasteiger partial charge is 0.241 e. The van der Waals surface area contributed by atoms with Crippen molar-refractivity contribution in [1.82, 2.24) is 9.62 Å². The normalized spacial score (nSPS) is 16.4. The number of carbonyl (C=O) groups is 1. The van der Waals surface area contributed by atoms with Crippen molar-refractivity contribution in [2.24, 2.45) is 5.92 Å². The highest BCUT2D eigenvalue weighted by Crippen LogP contribution is 2.21. The van der Waals surface area contributed by atoms with Crippen LogP contribution >= 0.6 is 0 Å². The van der Waals surface area contributed by atoms with Crippen molar-refractivity contribution in [3.8, 4) is 5.75 Å². The quantitative estimate of drug-likeness (QED) is 0.882. The zero-order valence-electron chi connectivity index (χ0n) is 13.8. The molecule has 1 saturated heterocycles. The molecule has 1 heterocycles. The lowest BCUT2D eigenvalue weighted by Crippen LogP contribution is -2.43. The molecule has 7 heteroatoms. The molecule has 1 aromatic carbocycles. The number of carbonyl (C=O) groups excluding carboxylic acids is 1. The molecule has 2 rings (SSSR count). The average molecular weight is 340 g/mol. The second-order valence-corrected chi connectivity index (χ2v) is 7.79. The number of hydrogen-bond donors (Lipinski definition) is 1. The largest absolute Gasteiger partial charge is 0.496 e. The summed E-state index contributed by atoms with van der Waals surface area (Å²) in [6.45, 7) is 5.13. The third-order valence-corrected chi connectivity index (χ3v) is 5.63. The summed E-state index contributed by atoms with van der Waals surface area (Å²) in [5.41, 5.74) is 0.728. The first-order valence-corrected chi connectivity index (χ1v) is 9.24. The summed E-state index contributed by atoms with van der Waals surface area (Å²) >= 11 is 0. The number of aryl methyl sites for hydroxylation is 1. The molecule has 0 unspecified atom stereocenters. The van der Waals surface area contributed by atoms with Gasteiger partial charge < -0.3 is 9.64 Å². The molecule has 0 bridgehead atoms. The van der Waals surface area contributed by atoms with E-state index in [9.17, 15) is 13.2 Å². The molecule has 1 aromatic rings. The summed E-state index contributed by atoms with van der Waals surface area (Å²) in [6.07, 6.45) is 1.94. The van der Waals surface area contributed by atoms with Crippen molar-refractivity contribution < 1.29 is 17.9 Å². The summed E-state index contributed by atoms with van der Waals surface area (Å²) in [5.74, 6) is 1.08. The molecule has 0 aliphatic carbocycles. The van der Waals surface area contributed by atoms with Gasteiger partial charge in [-0.3, -0.25) is 4.79 Å². The Morgan fingerprint density at radius 3 is 2.57 bits per heavy atom. The zero-order valence-corrected chi connectivity index (χ0v) is 14.6. The topological polar surface area (TPSA) is 75.7 Å². The molecule has 0 aromatic heterocycles. The molecule has 1 N–H and O–H groups in total. The van der Waals surface area contributed by atoms with Crippen LogP contribution in [0, 0.1) is 12.8 Å². The van der Waals surface area contributed by atoms with Gasteiger partial charge in [0.05, 0.1) is 18.6 Å². The van der Waals surface area contributed by atoms with Crippen LogP contribution in [0.5, 0.6) is 5.75 Å². The van der Waals surface area contributed by atoms with Crippen molar-refractivity contribution in [2.75, 3.05) is 26.7 Å². The van der Waals surface area contributed by atoms with Gasteiger partial charge in [-0.05, 0) is 49.4 Å². The molecule has 0 radical (unpaired) electrons. The number of nitrogens with one attached hydrogen (secondary N) is 1. The van der Waals surface area contributed by atoms with Gasteiger partial charge in [0.25, 0.3) is 0 Å². The van der Waals surface area contributed by atoms with E-state index in [0.717, 1.165) is 18.4 Å². The van der Waals surface area contributed by atoms with Crippen LogP contribution in [0.1, 0.15) is 25.3 Å². The van der Waals surface area contributed by atoms with E-state index in [1.807, 2.05) is 0 Å². The molecule has 128 valence electrons. The van der Waals surface area contributed by atoms with Gasteiger partial charge in [0.1, 0.15) is 5.75 Å². The number of benzene rings is 1. The molecule has 23 heavy (non-hydrogen) atoms. The third-order valence-electron chi connectivity index (χ3n) is 4.23. The van der Waals surface area contributed by atoms with Crippen molar-refractivity contribution in [3.05, 3.63) is 23.8 Å². The molecular weight excluding hydrogens is 316 g/mol. The van der Waals surface area contributed by atoms with E-state index in [1.165, 1.54) is 19.2 Å². The first-order valence-electron chi connectivity index (χ1n) is 7.75. The number of nitrogens with zero attached hydrogens (tertiary/aromatic N) is 1. The minimum absolute atomic E-state index is 0.135. The van der Waals surface area contributed by atoms with Crippen LogP contribution in [0.4, 0.5) is 0 Å². The number of amides is 1. The van der Waals surface area contributed by atoms with Gasteiger partial charge in [-0.2, -0.15) is 0 Å². The lowest BCUT2D eigenvalue weighted by Gasteiger charge is -2.30. The molecule has 1 aliphatic heterocycles. The maximum Gasteiger partial charge on any atom is 0.241 e. The van der Waals surface area contributed by atoms with Gasteiger partial charge in [0.15, 0.2) is 0 Å². The van der Waals surface area contributed by atoms with E-state index in [0.29, 0.717) is 24.8 Å². The molecule has 6 nitrogen and oxygen atoms in total. The number of methoxy groups -OCH3 is 1. The van der Waals surface area contributed by atoms with E-state index in [2.05, 4.69) is 11.6 Å². The van der Waals surface area contributed by atoms with Crippen molar-refractivity contribution >= 4 is 15.9 Å². The lowest BCUT2D eigenvalue weighted by molar-refractivity contribution is -0.131. The fourth-order valence-corrected chi connectivity index (χ4v) is 3.69. The average Bonchev–Trinajstić information content (AvgIpc) is 2.53. The van der Waals surface area contributed by atoms with E-state index in [1.54, 1.807) is 17.9 Å². The Labute approximate surface area is 137 Å². The summed E-state index contributed by atoms with van der Waals surface area (Å²) in [5, 5.41) is 0. The summed E-state index contributed by atoms with van der Waals surface area (Å²) < 4.78 is 32.1. The van der Waals surface area contributed by atoms with Gasteiger partial charge in [-0.1, -0.05) is 6.92 Å². The van der Waals surface area contributed by atoms with Crippen LogP contribution in [-0.4, -0.2) is 46.0 Å². The predicted molar refractivity (Wildman–Crippen MR) is 87.9 cm³/mol. The first kappa shape index (κ1) is 17.7. The third kappa shape index (κ3) is 4.45.